The molecule has 0 unspecified atom stereocenters. The number of aliphatic imine (C=N–C) groups is 1. The molecule has 2 heterocycles. The molecule has 8 nitrogen and oxygen atoms in total. The molecular formula is C35H47FN6O2. The molecule has 4 fully saturated rings. The van der Waals surface area contributed by atoms with Gasteiger partial charge in [-0.3, -0.25) is 9.36 Å². The second kappa shape index (κ2) is 11.8. The summed E-state index contributed by atoms with van der Waals surface area (Å²) < 4.78 is 21.3. The topological polar surface area (TPSA) is 83.8 Å². The monoisotopic (exact) mass is 602 g/mol. The van der Waals surface area contributed by atoms with Gasteiger partial charge in [0.05, 0.1) is 30.0 Å². The van der Waals surface area contributed by atoms with Crippen LogP contribution in [0.5, 0.6) is 5.75 Å². The molecule has 4 aliphatic rings. The summed E-state index contributed by atoms with van der Waals surface area (Å²) in [7, 11) is 1.51. The lowest BCUT2D eigenvalue weighted by molar-refractivity contribution is -0.112. The third-order valence-corrected chi connectivity index (χ3v) is 10.8. The number of ether oxygens (including phenoxy) is 1. The summed E-state index contributed by atoms with van der Waals surface area (Å²) in [5.41, 5.74) is 2.17. The number of hydrogen-bond donors (Lipinski definition) is 2. The van der Waals surface area contributed by atoms with Crippen LogP contribution in [-0.2, 0) is 6.42 Å². The standard InChI is InChI=1S/C35H47FN6O2/c1-20-17-41(18-21(2)38-20)34(40-31-14-25-13-29(23(31)4)35(25,5)6)39-26-9-11-28-32(15-26)37-19-42(33(28)43)22(3)12-24-8-10-27(44-7)16-30(24)36/h8-11,15-16,19-23,25,29,31,38H,12-14,17-18H2,1-7H3,(H,39,40)/t20-,21+,22-,23-,25+,29+,31+/m1/s1. The van der Waals surface area contributed by atoms with Gasteiger partial charge in [-0.2, -0.15) is 0 Å². The summed E-state index contributed by atoms with van der Waals surface area (Å²) >= 11 is 0. The highest BCUT2D eigenvalue weighted by molar-refractivity contribution is 5.86. The van der Waals surface area contributed by atoms with E-state index in [9.17, 15) is 9.18 Å². The minimum atomic E-state index is -0.346. The Kier molecular flexibility index (Phi) is 8.20. The van der Waals surface area contributed by atoms with E-state index >= 15 is 0 Å². The number of methoxy groups -OCH3 is 1. The zero-order chi connectivity index (χ0) is 31.3. The van der Waals surface area contributed by atoms with Gasteiger partial charge in [0.15, 0.2) is 5.96 Å². The Hall–Kier alpha value is -3.46. The molecule has 0 spiro atoms. The molecule has 236 valence electrons. The average molecular weight is 603 g/mol. The Morgan fingerprint density at radius 3 is 2.57 bits per heavy atom. The van der Waals surface area contributed by atoms with Crippen molar-refractivity contribution in [3.63, 3.8) is 0 Å². The largest absolute Gasteiger partial charge is 0.497 e. The van der Waals surface area contributed by atoms with Gasteiger partial charge in [0.2, 0.25) is 0 Å². The van der Waals surface area contributed by atoms with Crippen LogP contribution in [0.3, 0.4) is 0 Å². The van der Waals surface area contributed by atoms with Gasteiger partial charge in [-0.05, 0) is 93.0 Å². The van der Waals surface area contributed by atoms with Crippen LogP contribution in [0.4, 0.5) is 10.1 Å². The summed E-state index contributed by atoms with van der Waals surface area (Å²) in [5.74, 6) is 3.08. The van der Waals surface area contributed by atoms with Gasteiger partial charge >= 0.3 is 0 Å². The maximum absolute atomic E-state index is 14.6. The summed E-state index contributed by atoms with van der Waals surface area (Å²) in [5, 5.41) is 8.06. The van der Waals surface area contributed by atoms with Gasteiger partial charge in [0.25, 0.3) is 5.56 Å². The lowest BCUT2D eigenvalue weighted by atomic mass is 9.45. The van der Waals surface area contributed by atoms with Crippen LogP contribution in [0, 0.1) is 29.0 Å². The average Bonchev–Trinajstić information content (AvgIpc) is 2.98. The SMILES string of the molecule is COc1ccc(C[C@@H](C)n2cnc3cc(N=C(N[C@H]4C[C@@H]5C[C@@H]([C@H]4C)C5(C)C)N4C[C@@H](C)N[C@@H](C)C4)ccc3c2=O)c(F)c1. The van der Waals surface area contributed by atoms with Crippen molar-refractivity contribution >= 4 is 22.5 Å². The molecule has 2 N–H and O–H groups in total. The van der Waals surface area contributed by atoms with Crippen LogP contribution in [0.1, 0.15) is 66.0 Å². The van der Waals surface area contributed by atoms with Crippen molar-refractivity contribution in [3.8, 4) is 5.75 Å². The van der Waals surface area contributed by atoms with Crippen molar-refractivity contribution in [1.82, 2.24) is 25.1 Å². The van der Waals surface area contributed by atoms with Crippen LogP contribution in [0.2, 0.25) is 0 Å². The second-order valence-corrected chi connectivity index (χ2v) is 14.2. The first-order valence-corrected chi connectivity index (χ1v) is 16.1. The van der Waals surface area contributed by atoms with E-state index in [1.54, 1.807) is 23.0 Å². The van der Waals surface area contributed by atoms with Crippen LogP contribution >= 0.6 is 0 Å². The number of rotatable bonds is 6. The van der Waals surface area contributed by atoms with E-state index in [0.717, 1.165) is 43.0 Å². The lowest BCUT2D eigenvalue weighted by Gasteiger charge is -2.62. The van der Waals surface area contributed by atoms with Crippen molar-refractivity contribution in [2.45, 2.75) is 85.0 Å². The van der Waals surface area contributed by atoms with Crippen molar-refractivity contribution < 1.29 is 9.13 Å². The number of benzene rings is 2. The van der Waals surface area contributed by atoms with Gasteiger partial charge in [0.1, 0.15) is 11.6 Å². The molecule has 7 rings (SSSR count). The summed E-state index contributed by atoms with van der Waals surface area (Å²) in [6, 6.07) is 11.3. The number of halogens is 1. The van der Waals surface area contributed by atoms with Gasteiger partial charge in [-0.1, -0.05) is 26.8 Å². The van der Waals surface area contributed by atoms with E-state index in [4.69, 9.17) is 9.73 Å². The Balaban J connectivity index is 1.27. The predicted molar refractivity (Wildman–Crippen MR) is 174 cm³/mol. The molecule has 44 heavy (non-hydrogen) atoms. The van der Waals surface area contributed by atoms with Gasteiger partial charge < -0.3 is 20.3 Å². The quantitative estimate of drug-likeness (QED) is 0.279. The second-order valence-electron chi connectivity index (χ2n) is 14.2. The minimum Gasteiger partial charge on any atom is -0.497 e. The van der Waals surface area contributed by atoms with E-state index in [0.29, 0.717) is 58.1 Å². The molecule has 1 aromatic heterocycles. The van der Waals surface area contributed by atoms with Gasteiger partial charge in [-0.15, -0.1) is 0 Å². The van der Waals surface area contributed by atoms with E-state index in [1.165, 1.54) is 19.6 Å². The Labute approximate surface area is 260 Å². The van der Waals surface area contributed by atoms with Crippen molar-refractivity contribution in [2.24, 2.45) is 28.2 Å². The van der Waals surface area contributed by atoms with E-state index < -0.39 is 0 Å². The highest BCUT2D eigenvalue weighted by Crippen LogP contribution is 2.61. The number of hydrogen-bond acceptors (Lipinski definition) is 5. The fourth-order valence-electron chi connectivity index (χ4n) is 8.07. The third-order valence-electron chi connectivity index (χ3n) is 10.8. The van der Waals surface area contributed by atoms with Crippen molar-refractivity contribution in [3.05, 3.63) is 64.5 Å². The summed E-state index contributed by atoms with van der Waals surface area (Å²) in [4.78, 5) is 25.7. The van der Waals surface area contributed by atoms with Crippen molar-refractivity contribution in [1.29, 1.82) is 0 Å². The number of nitrogens with one attached hydrogen (secondary N) is 2. The molecule has 0 radical (unpaired) electrons. The zero-order valence-corrected chi connectivity index (χ0v) is 27.1. The number of piperazine rings is 1. The normalized spacial score (nSPS) is 28.8. The van der Waals surface area contributed by atoms with Gasteiger partial charge in [0, 0.05) is 43.3 Å². The van der Waals surface area contributed by atoms with Gasteiger partial charge in [-0.25, -0.2) is 14.4 Å². The fourth-order valence-corrected chi connectivity index (χ4v) is 8.07. The molecular weight excluding hydrogens is 555 g/mol. The summed E-state index contributed by atoms with van der Waals surface area (Å²) in [6.07, 6.45) is 4.43. The molecule has 1 aliphatic heterocycles. The molecule has 3 aliphatic carbocycles. The van der Waals surface area contributed by atoms with Crippen LogP contribution < -0.4 is 20.9 Å². The smallest absolute Gasteiger partial charge is 0.261 e. The predicted octanol–water partition coefficient (Wildman–Crippen LogP) is 5.68. The highest BCUT2D eigenvalue weighted by atomic mass is 19.1. The molecule has 2 aromatic carbocycles. The molecule has 7 atom stereocenters. The first-order valence-electron chi connectivity index (χ1n) is 16.1. The zero-order valence-electron chi connectivity index (χ0n) is 27.1. The number of guanidine groups is 1. The Morgan fingerprint density at radius 2 is 1.91 bits per heavy atom. The molecule has 3 saturated carbocycles. The third kappa shape index (κ3) is 5.71. The number of fused-ring (bicyclic) bond motifs is 3. The van der Waals surface area contributed by atoms with E-state index in [2.05, 4.69) is 55.1 Å². The van der Waals surface area contributed by atoms with E-state index in [1.807, 2.05) is 25.1 Å². The molecule has 1 saturated heterocycles. The summed E-state index contributed by atoms with van der Waals surface area (Å²) in [6.45, 7) is 15.4. The van der Waals surface area contributed by atoms with Crippen LogP contribution in [0.25, 0.3) is 10.9 Å². The maximum atomic E-state index is 14.6. The lowest BCUT2D eigenvalue weighted by Crippen LogP contribution is -2.64. The maximum Gasteiger partial charge on any atom is 0.261 e. The van der Waals surface area contributed by atoms with E-state index in [-0.39, 0.29) is 17.4 Å². The minimum absolute atomic E-state index is 0.145. The van der Waals surface area contributed by atoms with Crippen LogP contribution in [0.15, 0.2) is 52.5 Å². The highest BCUT2D eigenvalue weighted by Gasteiger charge is 2.56. The fraction of sp³-hybridized carbons (Fsp3) is 0.571. The molecule has 3 aromatic rings. The first-order chi connectivity index (χ1) is 20.9. The Bertz CT molecular complexity index is 1610. The molecule has 9 heteroatoms. The number of aromatic nitrogens is 2. The van der Waals surface area contributed by atoms with Crippen LogP contribution in [-0.4, -0.2) is 58.7 Å². The van der Waals surface area contributed by atoms with Crippen molar-refractivity contribution in [2.75, 3.05) is 20.2 Å². The molecule has 0 amide bonds. The Morgan fingerprint density at radius 1 is 1.16 bits per heavy atom. The first kappa shape index (κ1) is 30.6. The number of nitrogens with zero attached hydrogens (tertiary/aromatic N) is 4. The molecule has 2 bridgehead atoms.